The third-order valence-corrected chi connectivity index (χ3v) is 13.0. The number of benzene rings is 1. The lowest BCUT2D eigenvalue weighted by atomic mass is 9.84. The molecule has 6 heterocycles. The molecule has 3 aromatic heterocycles. The SMILES string of the molecule is CCn1c(-c2cccnc2[C@H](C)OC)c2c3cc(ccc31)-c1csc(n1)CC1(CN1C(=O)[C@H]1[C@H](C)[C@@H]1CF)C(=O)N1CCC[C@H](N1)C(=O)OCC(C)(C)C2. The molecule has 3 aliphatic heterocycles. The molecule has 2 saturated heterocycles. The molecule has 0 radical (unpaired) electrons. The van der Waals surface area contributed by atoms with Crippen molar-refractivity contribution in [3.8, 4) is 22.5 Å². The van der Waals surface area contributed by atoms with Crippen molar-refractivity contribution >= 4 is 40.0 Å². The highest BCUT2D eigenvalue weighted by Gasteiger charge is 2.67. The van der Waals surface area contributed by atoms with E-state index in [1.165, 1.54) is 16.3 Å². The zero-order valence-electron chi connectivity index (χ0n) is 31.9. The van der Waals surface area contributed by atoms with E-state index >= 15 is 0 Å². The van der Waals surface area contributed by atoms with Gasteiger partial charge in [0.15, 0.2) is 0 Å². The number of thiazole rings is 1. The molecule has 1 spiro atoms. The molecule has 13 heteroatoms. The van der Waals surface area contributed by atoms with Gasteiger partial charge < -0.3 is 18.9 Å². The number of amides is 2. The summed E-state index contributed by atoms with van der Waals surface area (Å²) in [4.78, 5) is 53.4. The molecule has 1 unspecified atom stereocenters. The van der Waals surface area contributed by atoms with Crippen molar-refractivity contribution in [2.45, 2.75) is 84.5 Å². The number of hydrazine groups is 1. The highest BCUT2D eigenvalue weighted by Crippen LogP contribution is 2.51. The third kappa shape index (κ3) is 6.21. The topological polar surface area (TPSA) is 119 Å². The van der Waals surface area contributed by atoms with Crippen LogP contribution in [0, 0.1) is 23.2 Å². The van der Waals surface area contributed by atoms with Crippen LogP contribution >= 0.6 is 11.3 Å². The molecular formula is C41H49FN6O5S. The molecule has 1 aromatic carbocycles. The number of ether oxygens (including phenoxy) is 2. The molecule has 286 valence electrons. The number of nitrogens with one attached hydrogen (secondary N) is 1. The van der Waals surface area contributed by atoms with Crippen LogP contribution in [0.25, 0.3) is 33.4 Å². The Morgan fingerprint density at radius 2 is 2.04 bits per heavy atom. The number of carbonyl (C=O) groups is 3. The maximum absolute atomic E-state index is 14.5. The summed E-state index contributed by atoms with van der Waals surface area (Å²) in [6, 6.07) is 9.78. The number of hydrogen-bond donors (Lipinski definition) is 1. The summed E-state index contributed by atoms with van der Waals surface area (Å²) >= 11 is 1.47. The summed E-state index contributed by atoms with van der Waals surface area (Å²) in [6.07, 6.45) is 3.53. The van der Waals surface area contributed by atoms with Crippen LogP contribution in [0.1, 0.15) is 69.8 Å². The smallest absolute Gasteiger partial charge is 0.324 e. The van der Waals surface area contributed by atoms with Crippen LogP contribution < -0.4 is 5.43 Å². The van der Waals surface area contributed by atoms with E-state index in [-0.39, 0.29) is 49.3 Å². The fourth-order valence-corrected chi connectivity index (χ4v) is 9.68. The standard InChI is InChI=1S/C41H49FN6O5S/c1-7-46-32-13-12-25-16-27(32)28(36(46)26-10-8-14-43-35(26)24(3)52-6)17-40(4,5)22-53-38(50)30-11-9-15-48(45-30)39(51)41(18-33-44-31(25)20-54-33)21-47(41)37(49)34-23(2)29(34)19-42/h8,10,12-14,16,20,23-24,29-30,34,45H,7,9,11,15,17-19,21-22H2,1-6H3/t23-,24+,29+,30+,34+,41?,47?/m1/s1. The van der Waals surface area contributed by atoms with E-state index in [9.17, 15) is 18.8 Å². The number of pyridine rings is 1. The van der Waals surface area contributed by atoms with Crippen molar-refractivity contribution in [1.29, 1.82) is 0 Å². The number of esters is 1. The average molecular weight is 757 g/mol. The highest BCUT2D eigenvalue weighted by molar-refractivity contribution is 7.10. The summed E-state index contributed by atoms with van der Waals surface area (Å²) in [5.74, 6) is -1.67. The Hall–Kier alpha value is -4.20. The van der Waals surface area contributed by atoms with Crippen LogP contribution in [0.4, 0.5) is 4.39 Å². The maximum atomic E-state index is 14.5. The van der Waals surface area contributed by atoms with Gasteiger partial charge in [0.05, 0.1) is 48.0 Å². The Bertz CT molecular complexity index is 2130. The number of rotatable bonds is 6. The van der Waals surface area contributed by atoms with Crippen molar-refractivity contribution in [2.24, 2.45) is 23.2 Å². The molecule has 1 aliphatic carbocycles. The van der Waals surface area contributed by atoms with Crippen molar-refractivity contribution in [1.82, 2.24) is 29.9 Å². The van der Waals surface area contributed by atoms with Crippen LogP contribution in [0.15, 0.2) is 41.9 Å². The summed E-state index contributed by atoms with van der Waals surface area (Å²) in [5.41, 5.74) is 8.39. The van der Waals surface area contributed by atoms with Crippen LogP contribution in [0.2, 0.25) is 0 Å². The molecule has 6 bridgehead atoms. The van der Waals surface area contributed by atoms with E-state index in [4.69, 9.17) is 19.4 Å². The molecule has 11 nitrogen and oxygen atoms in total. The highest BCUT2D eigenvalue weighted by atomic mass is 32.1. The maximum Gasteiger partial charge on any atom is 0.324 e. The number of hydrogen-bond acceptors (Lipinski definition) is 9. The first-order chi connectivity index (χ1) is 25.9. The quantitative estimate of drug-likeness (QED) is 0.184. The lowest BCUT2D eigenvalue weighted by molar-refractivity contribution is -0.156. The van der Waals surface area contributed by atoms with E-state index in [0.29, 0.717) is 25.8 Å². The first-order valence-corrected chi connectivity index (χ1v) is 20.0. The van der Waals surface area contributed by atoms with Crippen molar-refractivity contribution < 1.29 is 28.2 Å². The van der Waals surface area contributed by atoms with E-state index in [2.05, 4.69) is 55.0 Å². The number of carbonyl (C=O) groups excluding carboxylic acids is 3. The Morgan fingerprint density at radius 3 is 2.78 bits per heavy atom. The second-order valence-corrected chi connectivity index (χ2v) is 17.3. The van der Waals surface area contributed by atoms with Crippen molar-refractivity contribution in [3.05, 3.63) is 58.2 Å². The molecule has 1 N–H and O–H groups in total. The zero-order chi connectivity index (χ0) is 38.1. The number of cyclic esters (lactones) is 1. The van der Waals surface area contributed by atoms with Gasteiger partial charge in [-0.05, 0) is 68.9 Å². The predicted molar refractivity (Wildman–Crippen MR) is 204 cm³/mol. The fourth-order valence-electron chi connectivity index (χ4n) is 8.77. The number of nitrogens with zero attached hydrogens (tertiary/aromatic N) is 5. The second-order valence-electron chi connectivity index (χ2n) is 16.3. The summed E-state index contributed by atoms with van der Waals surface area (Å²) in [6.45, 7) is 11.2. The van der Waals surface area contributed by atoms with E-state index in [0.717, 1.165) is 56.2 Å². The molecule has 2 amide bonds. The first kappa shape index (κ1) is 36.8. The number of fused-ring (bicyclic) bond motifs is 6. The largest absolute Gasteiger partial charge is 0.464 e. The molecule has 8 rings (SSSR count). The van der Waals surface area contributed by atoms with Crippen molar-refractivity contribution in [2.75, 3.05) is 33.5 Å². The molecule has 4 aromatic rings. The third-order valence-electron chi connectivity index (χ3n) is 12.1. The molecule has 4 aliphatic rings. The second kappa shape index (κ2) is 13.8. The fraction of sp³-hybridized carbons (Fsp3) is 0.537. The molecule has 6 atom stereocenters. The number of alkyl halides is 1. The van der Waals surface area contributed by atoms with E-state index in [1.807, 2.05) is 25.3 Å². The zero-order valence-corrected chi connectivity index (χ0v) is 32.7. The molecular weight excluding hydrogens is 708 g/mol. The monoisotopic (exact) mass is 756 g/mol. The Kier molecular flexibility index (Phi) is 9.41. The van der Waals surface area contributed by atoms with Gasteiger partial charge in [0.2, 0.25) is 5.91 Å². The lowest BCUT2D eigenvalue weighted by Crippen LogP contribution is -2.59. The van der Waals surface area contributed by atoms with Crippen LogP contribution in [0.3, 0.4) is 0 Å². The Morgan fingerprint density at radius 1 is 1.22 bits per heavy atom. The van der Waals surface area contributed by atoms with Crippen LogP contribution in [0.5, 0.6) is 0 Å². The first-order valence-electron chi connectivity index (χ1n) is 19.1. The minimum absolute atomic E-state index is 0.0616. The van der Waals surface area contributed by atoms with Crippen LogP contribution in [-0.4, -0.2) is 87.3 Å². The van der Waals surface area contributed by atoms with Gasteiger partial charge in [-0.1, -0.05) is 26.8 Å². The Labute approximate surface area is 319 Å². The van der Waals surface area contributed by atoms with Gasteiger partial charge in [-0.3, -0.25) is 28.8 Å². The van der Waals surface area contributed by atoms with Crippen LogP contribution in [-0.2, 0) is 43.2 Å². The number of aryl methyl sites for hydroxylation is 1. The van der Waals surface area contributed by atoms with Gasteiger partial charge in [-0.15, -0.1) is 11.3 Å². The van der Waals surface area contributed by atoms with E-state index < -0.39 is 35.6 Å². The molecule has 1 saturated carbocycles. The van der Waals surface area contributed by atoms with Gasteiger partial charge in [0.1, 0.15) is 11.6 Å². The summed E-state index contributed by atoms with van der Waals surface area (Å²) < 4.78 is 27.9. The minimum Gasteiger partial charge on any atom is -0.464 e. The van der Waals surface area contributed by atoms with Gasteiger partial charge in [-0.25, -0.2) is 10.4 Å². The summed E-state index contributed by atoms with van der Waals surface area (Å²) in [5, 5.41) is 5.33. The normalized spacial score (nSPS) is 27.2. The van der Waals surface area contributed by atoms with Gasteiger partial charge in [-0.2, -0.15) is 0 Å². The van der Waals surface area contributed by atoms with Gasteiger partial charge >= 0.3 is 5.97 Å². The van der Waals surface area contributed by atoms with Crippen molar-refractivity contribution in [3.63, 3.8) is 0 Å². The number of methoxy groups -OCH3 is 1. The Balaban J connectivity index is 1.25. The molecule has 3 fully saturated rings. The molecule has 54 heavy (non-hydrogen) atoms. The predicted octanol–water partition coefficient (Wildman–Crippen LogP) is 6.15. The number of halogens is 1. The summed E-state index contributed by atoms with van der Waals surface area (Å²) in [7, 11) is 1.69. The van der Waals surface area contributed by atoms with Gasteiger partial charge in [0.25, 0.3) is 5.91 Å². The minimum atomic E-state index is -1.16. The van der Waals surface area contributed by atoms with Gasteiger partial charge in [0, 0.05) is 77.5 Å². The number of aromatic nitrogens is 3. The average Bonchev–Trinajstić information content (AvgIpc) is 3.96. The lowest BCUT2D eigenvalue weighted by Gasteiger charge is -2.35. The van der Waals surface area contributed by atoms with E-state index in [1.54, 1.807) is 18.2 Å².